The molecule has 0 radical (unpaired) electrons. The molecule has 1 saturated heterocycles. The maximum atomic E-state index is 11.8. The van der Waals surface area contributed by atoms with E-state index >= 15 is 0 Å². The normalized spacial score (nSPS) is 45.0. The van der Waals surface area contributed by atoms with Crippen LogP contribution in [0.4, 0.5) is 0 Å². The fourth-order valence-electron chi connectivity index (χ4n) is 3.09. The molecule has 0 aromatic rings. The molecule has 0 aromatic heterocycles. The van der Waals surface area contributed by atoms with Crippen molar-refractivity contribution in [3.05, 3.63) is 0 Å². The Labute approximate surface area is 91.1 Å². The van der Waals surface area contributed by atoms with Gasteiger partial charge in [-0.2, -0.15) is 0 Å². The van der Waals surface area contributed by atoms with Crippen LogP contribution in [0.2, 0.25) is 0 Å². The standard InChI is InChI=1S/C12H20O3/c1-4-14-12-8(3)9-6-5-7(2)10(9)11(13)15-12/h7-10,12H,4-6H2,1-3H3/t7-,8+,9+,10-,12-/m1/s1. The molecule has 15 heavy (non-hydrogen) atoms. The molecule has 0 unspecified atom stereocenters. The number of hydrogen-bond donors (Lipinski definition) is 0. The highest BCUT2D eigenvalue weighted by Crippen LogP contribution is 2.46. The highest BCUT2D eigenvalue weighted by molar-refractivity contribution is 5.74. The monoisotopic (exact) mass is 212 g/mol. The molecule has 0 bridgehead atoms. The van der Waals surface area contributed by atoms with E-state index in [-0.39, 0.29) is 18.2 Å². The lowest BCUT2D eigenvalue weighted by Gasteiger charge is -2.37. The fraction of sp³-hybridized carbons (Fsp3) is 0.917. The molecule has 0 N–H and O–H groups in total. The zero-order valence-electron chi connectivity index (χ0n) is 9.73. The van der Waals surface area contributed by atoms with Gasteiger partial charge in [0.05, 0.1) is 5.92 Å². The van der Waals surface area contributed by atoms with Crippen molar-refractivity contribution in [3.63, 3.8) is 0 Å². The molecule has 1 aliphatic carbocycles. The first-order chi connectivity index (χ1) is 7.15. The third kappa shape index (κ3) is 1.78. The number of cyclic esters (lactones) is 1. The van der Waals surface area contributed by atoms with Crippen LogP contribution in [0.3, 0.4) is 0 Å². The van der Waals surface area contributed by atoms with E-state index in [1.165, 1.54) is 0 Å². The van der Waals surface area contributed by atoms with Crippen LogP contribution < -0.4 is 0 Å². The lowest BCUT2D eigenvalue weighted by molar-refractivity contribution is -0.218. The van der Waals surface area contributed by atoms with Crippen LogP contribution in [0, 0.1) is 23.7 Å². The third-order valence-corrected chi connectivity index (χ3v) is 3.97. The number of ether oxygens (including phenoxy) is 2. The van der Waals surface area contributed by atoms with E-state index in [9.17, 15) is 4.79 Å². The van der Waals surface area contributed by atoms with Crippen molar-refractivity contribution in [3.8, 4) is 0 Å². The molecular weight excluding hydrogens is 192 g/mol. The van der Waals surface area contributed by atoms with Crippen LogP contribution in [0.15, 0.2) is 0 Å². The minimum atomic E-state index is -0.311. The summed E-state index contributed by atoms with van der Waals surface area (Å²) < 4.78 is 10.8. The predicted octanol–water partition coefficient (Wildman–Crippen LogP) is 2.20. The predicted molar refractivity (Wildman–Crippen MR) is 56.0 cm³/mol. The van der Waals surface area contributed by atoms with Gasteiger partial charge in [-0.15, -0.1) is 0 Å². The van der Waals surface area contributed by atoms with Crippen molar-refractivity contribution in [2.45, 2.75) is 39.9 Å². The Hall–Kier alpha value is -0.570. The molecular formula is C12H20O3. The number of carbonyl (C=O) groups is 1. The van der Waals surface area contributed by atoms with E-state index < -0.39 is 0 Å². The van der Waals surface area contributed by atoms with Gasteiger partial charge in [-0.3, -0.25) is 4.79 Å². The van der Waals surface area contributed by atoms with Gasteiger partial charge in [-0.25, -0.2) is 0 Å². The van der Waals surface area contributed by atoms with E-state index in [1.54, 1.807) is 0 Å². The molecule has 1 aliphatic heterocycles. The Morgan fingerprint density at radius 2 is 2.13 bits per heavy atom. The summed E-state index contributed by atoms with van der Waals surface area (Å²) >= 11 is 0. The second-order valence-electron chi connectivity index (χ2n) is 4.86. The van der Waals surface area contributed by atoms with Gasteiger partial charge >= 0.3 is 5.97 Å². The first kappa shape index (κ1) is 10.9. The van der Waals surface area contributed by atoms with E-state index in [2.05, 4.69) is 13.8 Å². The summed E-state index contributed by atoms with van der Waals surface area (Å²) in [7, 11) is 0. The average molecular weight is 212 g/mol. The van der Waals surface area contributed by atoms with E-state index in [4.69, 9.17) is 9.47 Å². The SMILES string of the molecule is CCO[C@@H]1OC(=O)[C@H]2[C@@H](CC[C@H]2C)[C@@H]1C. The maximum absolute atomic E-state index is 11.8. The molecule has 0 spiro atoms. The van der Waals surface area contributed by atoms with Gasteiger partial charge in [-0.05, 0) is 31.6 Å². The summed E-state index contributed by atoms with van der Waals surface area (Å²) in [5.74, 6) is 1.38. The van der Waals surface area contributed by atoms with Gasteiger partial charge in [0, 0.05) is 12.5 Å². The van der Waals surface area contributed by atoms with Crippen LogP contribution in [0.5, 0.6) is 0 Å². The Morgan fingerprint density at radius 3 is 2.80 bits per heavy atom. The van der Waals surface area contributed by atoms with Crippen molar-refractivity contribution in [1.29, 1.82) is 0 Å². The van der Waals surface area contributed by atoms with Gasteiger partial charge < -0.3 is 9.47 Å². The van der Waals surface area contributed by atoms with Crippen LogP contribution >= 0.6 is 0 Å². The minimum absolute atomic E-state index is 0.0402. The van der Waals surface area contributed by atoms with Crippen molar-refractivity contribution in [2.75, 3.05) is 6.61 Å². The molecule has 1 heterocycles. The van der Waals surface area contributed by atoms with E-state index in [1.807, 2.05) is 6.92 Å². The Bertz CT molecular complexity index is 251. The van der Waals surface area contributed by atoms with Gasteiger partial charge in [0.2, 0.25) is 6.29 Å². The minimum Gasteiger partial charge on any atom is -0.435 e. The summed E-state index contributed by atoms with van der Waals surface area (Å²) in [6.45, 7) is 6.83. The summed E-state index contributed by atoms with van der Waals surface area (Å²) in [5, 5.41) is 0. The molecule has 3 nitrogen and oxygen atoms in total. The third-order valence-electron chi connectivity index (χ3n) is 3.97. The van der Waals surface area contributed by atoms with Crippen LogP contribution in [0.25, 0.3) is 0 Å². The Morgan fingerprint density at radius 1 is 1.40 bits per heavy atom. The van der Waals surface area contributed by atoms with Crippen LogP contribution in [-0.4, -0.2) is 18.9 Å². The summed E-state index contributed by atoms with van der Waals surface area (Å²) in [4.78, 5) is 11.8. The molecule has 1 saturated carbocycles. The van der Waals surface area contributed by atoms with Gasteiger partial charge in [0.15, 0.2) is 0 Å². The fourth-order valence-corrected chi connectivity index (χ4v) is 3.09. The van der Waals surface area contributed by atoms with Gasteiger partial charge in [0.25, 0.3) is 0 Å². The van der Waals surface area contributed by atoms with Crippen molar-refractivity contribution < 1.29 is 14.3 Å². The molecule has 2 aliphatic rings. The van der Waals surface area contributed by atoms with Crippen molar-refractivity contribution in [2.24, 2.45) is 23.7 Å². The molecule has 2 fully saturated rings. The van der Waals surface area contributed by atoms with Gasteiger partial charge in [0.1, 0.15) is 0 Å². The Kier molecular flexibility index (Phi) is 3.01. The molecule has 5 atom stereocenters. The van der Waals surface area contributed by atoms with E-state index in [0.29, 0.717) is 24.4 Å². The maximum Gasteiger partial charge on any atom is 0.311 e. The van der Waals surface area contributed by atoms with Crippen molar-refractivity contribution in [1.82, 2.24) is 0 Å². The van der Waals surface area contributed by atoms with Crippen LogP contribution in [-0.2, 0) is 14.3 Å². The molecule has 2 rings (SSSR count). The molecule has 0 aromatic carbocycles. The zero-order valence-corrected chi connectivity index (χ0v) is 9.73. The van der Waals surface area contributed by atoms with Crippen LogP contribution in [0.1, 0.15) is 33.6 Å². The van der Waals surface area contributed by atoms with Gasteiger partial charge in [-0.1, -0.05) is 13.8 Å². The van der Waals surface area contributed by atoms with E-state index in [0.717, 1.165) is 12.8 Å². The number of hydrogen-bond acceptors (Lipinski definition) is 3. The lowest BCUT2D eigenvalue weighted by atomic mass is 9.80. The molecule has 0 amide bonds. The largest absolute Gasteiger partial charge is 0.435 e. The van der Waals surface area contributed by atoms with Crippen molar-refractivity contribution >= 4 is 5.97 Å². The first-order valence-electron chi connectivity index (χ1n) is 5.97. The lowest BCUT2D eigenvalue weighted by Crippen LogP contribution is -2.44. The second kappa shape index (κ2) is 4.12. The molecule has 86 valence electrons. The number of carbonyl (C=O) groups excluding carboxylic acids is 1. The first-order valence-corrected chi connectivity index (χ1v) is 5.97. The summed E-state index contributed by atoms with van der Waals surface area (Å²) in [6.07, 6.45) is 1.98. The highest BCUT2D eigenvalue weighted by Gasteiger charge is 2.49. The number of rotatable bonds is 2. The Balaban J connectivity index is 2.12. The quantitative estimate of drug-likeness (QED) is 0.658. The summed E-state index contributed by atoms with van der Waals surface area (Å²) in [5.41, 5.74) is 0. The second-order valence-corrected chi connectivity index (χ2v) is 4.86. The summed E-state index contributed by atoms with van der Waals surface area (Å²) in [6, 6.07) is 0. The topological polar surface area (TPSA) is 35.5 Å². The molecule has 3 heteroatoms. The smallest absolute Gasteiger partial charge is 0.311 e. The number of esters is 1. The average Bonchev–Trinajstić information content (AvgIpc) is 2.57. The zero-order chi connectivity index (χ0) is 11.0. The highest BCUT2D eigenvalue weighted by atomic mass is 16.7. The number of fused-ring (bicyclic) bond motifs is 1.